The van der Waals surface area contributed by atoms with Crippen LogP contribution in [-0.2, 0) is 4.79 Å². The number of carboxylic acids is 1. The van der Waals surface area contributed by atoms with E-state index in [0.717, 1.165) is 35.6 Å². The van der Waals surface area contributed by atoms with E-state index in [1.807, 2.05) is 42.5 Å². The fraction of sp³-hybridized carbons (Fsp3) is 0.353. The van der Waals surface area contributed by atoms with Gasteiger partial charge in [0, 0.05) is 11.9 Å². The minimum absolute atomic E-state index is 0.502. The third-order valence-corrected chi connectivity index (χ3v) is 3.58. The molecule has 0 aliphatic heterocycles. The minimum Gasteiger partial charge on any atom is -0.549 e. The summed E-state index contributed by atoms with van der Waals surface area (Å²) >= 11 is 0. The van der Waals surface area contributed by atoms with Gasteiger partial charge in [-0.05, 0) is 22.8 Å². The first kappa shape index (κ1) is 13.6. The van der Waals surface area contributed by atoms with Crippen molar-refractivity contribution in [2.45, 2.75) is 38.5 Å². The highest BCUT2D eigenvalue weighted by Crippen LogP contribution is 2.29. The van der Waals surface area contributed by atoms with Gasteiger partial charge in [-0.1, -0.05) is 68.7 Å². The van der Waals surface area contributed by atoms with E-state index in [2.05, 4.69) is 6.92 Å². The van der Waals surface area contributed by atoms with E-state index in [0.29, 0.717) is 6.42 Å². The van der Waals surface area contributed by atoms with E-state index in [1.54, 1.807) is 0 Å². The van der Waals surface area contributed by atoms with Crippen LogP contribution in [0.5, 0.6) is 0 Å². The summed E-state index contributed by atoms with van der Waals surface area (Å²) in [6, 6.07) is 13.8. The monoisotopic (exact) mass is 255 g/mol. The highest BCUT2D eigenvalue weighted by atomic mass is 16.4. The lowest BCUT2D eigenvalue weighted by Crippen LogP contribution is -2.29. The molecular formula is C17H19O2-. The van der Waals surface area contributed by atoms with E-state index in [9.17, 15) is 9.90 Å². The van der Waals surface area contributed by atoms with Crippen LogP contribution >= 0.6 is 0 Å². The molecular weight excluding hydrogens is 236 g/mol. The summed E-state index contributed by atoms with van der Waals surface area (Å²) in [6.45, 7) is 2.12. The molecule has 0 radical (unpaired) electrons. The minimum atomic E-state index is -0.965. The third kappa shape index (κ3) is 3.14. The van der Waals surface area contributed by atoms with Crippen molar-refractivity contribution in [1.29, 1.82) is 0 Å². The second kappa shape index (κ2) is 6.37. The van der Waals surface area contributed by atoms with Gasteiger partial charge in [0.15, 0.2) is 0 Å². The largest absolute Gasteiger partial charge is 0.549 e. The Morgan fingerprint density at radius 1 is 1.11 bits per heavy atom. The lowest BCUT2D eigenvalue weighted by Gasteiger charge is -2.20. The molecule has 0 aliphatic carbocycles. The molecule has 2 aromatic rings. The van der Waals surface area contributed by atoms with Crippen LogP contribution < -0.4 is 5.11 Å². The zero-order chi connectivity index (χ0) is 13.7. The van der Waals surface area contributed by atoms with Crippen molar-refractivity contribution < 1.29 is 9.90 Å². The lowest BCUT2D eigenvalue weighted by molar-refractivity contribution is -0.308. The van der Waals surface area contributed by atoms with Gasteiger partial charge in [-0.3, -0.25) is 0 Å². The van der Waals surface area contributed by atoms with Crippen LogP contribution in [0.15, 0.2) is 42.5 Å². The third-order valence-electron chi connectivity index (χ3n) is 3.58. The van der Waals surface area contributed by atoms with Crippen LogP contribution in [0.1, 0.15) is 44.1 Å². The summed E-state index contributed by atoms with van der Waals surface area (Å²) in [7, 11) is 0. The fourth-order valence-corrected chi connectivity index (χ4v) is 2.55. The number of carbonyl (C=O) groups excluding carboxylic acids is 1. The fourth-order valence-electron chi connectivity index (χ4n) is 2.55. The zero-order valence-corrected chi connectivity index (χ0v) is 11.3. The Balaban J connectivity index is 2.36. The summed E-state index contributed by atoms with van der Waals surface area (Å²) in [5, 5.41) is 13.5. The summed E-state index contributed by atoms with van der Waals surface area (Å²) in [5.41, 5.74) is 0.884. The first-order valence-electron chi connectivity index (χ1n) is 6.92. The van der Waals surface area contributed by atoms with Crippen molar-refractivity contribution in [3.63, 3.8) is 0 Å². The average Bonchev–Trinajstić information content (AvgIpc) is 2.43. The topological polar surface area (TPSA) is 40.1 Å². The number of benzene rings is 2. The Bertz CT molecular complexity index is 555. The maximum Gasteiger partial charge on any atom is 0.0489 e. The van der Waals surface area contributed by atoms with Crippen LogP contribution in [0.3, 0.4) is 0 Å². The van der Waals surface area contributed by atoms with E-state index in [4.69, 9.17) is 0 Å². The molecule has 100 valence electrons. The Hall–Kier alpha value is -1.83. The average molecular weight is 255 g/mol. The van der Waals surface area contributed by atoms with E-state index in [-0.39, 0.29) is 0 Å². The van der Waals surface area contributed by atoms with Crippen LogP contribution in [0.4, 0.5) is 0 Å². The van der Waals surface area contributed by atoms with Gasteiger partial charge in [-0.15, -0.1) is 0 Å². The summed E-state index contributed by atoms with van der Waals surface area (Å²) in [4.78, 5) is 11.4. The summed E-state index contributed by atoms with van der Waals surface area (Å²) in [6.07, 6.45) is 3.74. The van der Waals surface area contributed by atoms with E-state index in [1.165, 1.54) is 0 Å². The molecule has 0 spiro atoms. The maximum absolute atomic E-state index is 11.4. The predicted molar refractivity (Wildman–Crippen MR) is 75.8 cm³/mol. The summed E-state index contributed by atoms with van der Waals surface area (Å²) < 4.78 is 0. The molecule has 19 heavy (non-hydrogen) atoms. The number of hydrogen-bond acceptors (Lipinski definition) is 2. The lowest BCUT2D eigenvalue weighted by atomic mass is 9.89. The van der Waals surface area contributed by atoms with E-state index < -0.39 is 11.9 Å². The number of carboxylic acid groups (broad SMARTS) is 1. The smallest absolute Gasteiger partial charge is 0.0489 e. The van der Waals surface area contributed by atoms with Gasteiger partial charge in [0.1, 0.15) is 0 Å². The van der Waals surface area contributed by atoms with Crippen LogP contribution in [0.2, 0.25) is 0 Å². The quantitative estimate of drug-likeness (QED) is 0.743. The Morgan fingerprint density at radius 3 is 2.58 bits per heavy atom. The molecule has 0 fully saturated rings. The van der Waals surface area contributed by atoms with Gasteiger partial charge in [0.2, 0.25) is 0 Å². The van der Waals surface area contributed by atoms with E-state index >= 15 is 0 Å². The molecule has 0 heterocycles. The van der Waals surface area contributed by atoms with Gasteiger partial charge in [-0.2, -0.15) is 0 Å². The molecule has 2 heteroatoms. The molecule has 1 atom stereocenters. The van der Waals surface area contributed by atoms with Crippen molar-refractivity contribution in [2.75, 3.05) is 0 Å². The van der Waals surface area contributed by atoms with Gasteiger partial charge in [-0.25, -0.2) is 0 Å². The molecule has 2 aromatic carbocycles. The highest BCUT2D eigenvalue weighted by molar-refractivity contribution is 5.90. The standard InChI is InChI=1S/C17H20O2/c1-2-3-4-11-16(17(18)19)15-12-7-9-13-8-5-6-10-14(13)15/h5-10,12,16H,2-4,11H2,1H3,(H,18,19)/p-1. The Labute approximate surface area is 114 Å². The van der Waals surface area contributed by atoms with Crippen molar-refractivity contribution in [2.24, 2.45) is 0 Å². The first-order valence-corrected chi connectivity index (χ1v) is 6.92. The van der Waals surface area contributed by atoms with Crippen molar-refractivity contribution in [3.05, 3.63) is 48.0 Å². The molecule has 0 aromatic heterocycles. The van der Waals surface area contributed by atoms with Crippen molar-refractivity contribution >= 4 is 16.7 Å². The maximum atomic E-state index is 11.4. The zero-order valence-electron chi connectivity index (χ0n) is 11.3. The molecule has 0 bridgehead atoms. The number of fused-ring (bicyclic) bond motifs is 1. The highest BCUT2D eigenvalue weighted by Gasteiger charge is 2.14. The molecule has 1 unspecified atom stereocenters. The second-order valence-electron chi connectivity index (χ2n) is 4.94. The number of carbonyl (C=O) groups is 1. The van der Waals surface area contributed by atoms with Crippen molar-refractivity contribution in [3.8, 4) is 0 Å². The van der Waals surface area contributed by atoms with Gasteiger partial charge >= 0.3 is 0 Å². The molecule has 0 saturated heterocycles. The first-order chi connectivity index (χ1) is 9.24. The molecule has 0 amide bonds. The number of unbranched alkanes of at least 4 members (excludes halogenated alkanes) is 2. The van der Waals surface area contributed by atoms with Gasteiger partial charge < -0.3 is 9.90 Å². The normalized spacial score (nSPS) is 12.5. The van der Waals surface area contributed by atoms with Gasteiger partial charge in [0.25, 0.3) is 0 Å². The second-order valence-corrected chi connectivity index (χ2v) is 4.94. The number of rotatable bonds is 6. The molecule has 2 rings (SSSR count). The molecule has 0 N–H and O–H groups in total. The van der Waals surface area contributed by atoms with Crippen LogP contribution in [0.25, 0.3) is 10.8 Å². The molecule has 0 saturated carbocycles. The molecule has 0 aliphatic rings. The number of aliphatic carboxylic acids is 1. The van der Waals surface area contributed by atoms with Crippen molar-refractivity contribution in [1.82, 2.24) is 0 Å². The van der Waals surface area contributed by atoms with Crippen LogP contribution in [0, 0.1) is 0 Å². The Morgan fingerprint density at radius 2 is 1.84 bits per heavy atom. The Kier molecular flexibility index (Phi) is 4.56. The van der Waals surface area contributed by atoms with Gasteiger partial charge in [0.05, 0.1) is 0 Å². The number of hydrogen-bond donors (Lipinski definition) is 0. The SMILES string of the molecule is CCCCCC(C(=O)[O-])c1cccc2ccccc12. The molecule has 2 nitrogen and oxygen atoms in total. The predicted octanol–water partition coefficient (Wildman–Crippen LogP) is 3.25. The van der Waals surface area contributed by atoms with Crippen LogP contribution in [-0.4, -0.2) is 5.97 Å². The summed E-state index contributed by atoms with van der Waals surface area (Å²) in [5.74, 6) is -1.47.